The van der Waals surface area contributed by atoms with Crippen LogP contribution in [0, 0.1) is 0 Å². The first-order chi connectivity index (χ1) is 13.7. The number of ether oxygens (including phenoxy) is 3. The summed E-state index contributed by atoms with van der Waals surface area (Å²) >= 11 is 0. The Labute approximate surface area is 167 Å². The average molecular weight is 413 g/mol. The van der Waals surface area contributed by atoms with Crippen LogP contribution >= 0.6 is 0 Å². The van der Waals surface area contributed by atoms with Crippen LogP contribution in [0.1, 0.15) is 12.5 Å². The molecule has 0 aliphatic rings. The standard InChI is InChI=1S/C20H23F3N2O4/c1-4-28-17-10-5-14(11-18(17)27-3)12-25(2)13-19(26)24-15-6-8-16(9-7-15)29-20(21,22)23/h5-11H,4,12-13H2,1-3H3,(H,24,26)/p+1. The number of carbonyl (C=O) groups is 1. The van der Waals surface area contributed by atoms with Gasteiger partial charge in [0.1, 0.15) is 12.3 Å². The number of likely N-dealkylation sites (N-methyl/N-ethyl adjacent to an activating group) is 1. The van der Waals surface area contributed by atoms with Crippen LogP contribution < -0.4 is 24.4 Å². The van der Waals surface area contributed by atoms with Crippen LogP contribution in [0.2, 0.25) is 0 Å². The molecule has 9 heteroatoms. The van der Waals surface area contributed by atoms with Crippen LogP contribution in [-0.2, 0) is 11.3 Å². The number of methoxy groups -OCH3 is 1. The van der Waals surface area contributed by atoms with Gasteiger partial charge in [-0.05, 0) is 49.4 Å². The molecule has 2 aromatic rings. The first-order valence-electron chi connectivity index (χ1n) is 8.97. The molecule has 0 spiro atoms. The number of halogens is 3. The molecule has 0 saturated carbocycles. The number of quaternary nitrogens is 1. The van der Waals surface area contributed by atoms with Crippen molar-refractivity contribution in [3.05, 3.63) is 48.0 Å². The van der Waals surface area contributed by atoms with Crippen molar-refractivity contribution in [2.24, 2.45) is 0 Å². The summed E-state index contributed by atoms with van der Waals surface area (Å²) in [6.45, 7) is 3.18. The molecule has 0 aliphatic heterocycles. The van der Waals surface area contributed by atoms with E-state index in [1.165, 1.54) is 12.1 Å². The molecule has 0 aliphatic carbocycles. The van der Waals surface area contributed by atoms with Gasteiger partial charge in [-0.3, -0.25) is 4.79 Å². The van der Waals surface area contributed by atoms with Crippen molar-refractivity contribution in [2.45, 2.75) is 19.8 Å². The third-order valence-electron chi connectivity index (χ3n) is 3.87. The van der Waals surface area contributed by atoms with Crippen molar-refractivity contribution in [1.82, 2.24) is 0 Å². The molecule has 6 nitrogen and oxygen atoms in total. The molecule has 0 bridgehead atoms. The Morgan fingerprint density at radius 2 is 1.79 bits per heavy atom. The normalized spacial score (nSPS) is 12.2. The van der Waals surface area contributed by atoms with E-state index in [1.54, 1.807) is 7.11 Å². The maximum atomic E-state index is 12.2. The fraction of sp³-hybridized carbons (Fsp3) is 0.350. The SMILES string of the molecule is CCOc1ccc(C[NH+](C)CC(=O)Nc2ccc(OC(F)(F)F)cc2)cc1OC. The number of amides is 1. The molecule has 2 aromatic carbocycles. The first kappa shape index (κ1) is 22.4. The van der Waals surface area contributed by atoms with Gasteiger partial charge in [-0.1, -0.05) is 0 Å². The molecule has 2 N–H and O–H groups in total. The minimum atomic E-state index is -4.75. The molecule has 2 rings (SSSR count). The Bertz CT molecular complexity index is 810. The highest BCUT2D eigenvalue weighted by Gasteiger charge is 2.31. The first-order valence-corrected chi connectivity index (χ1v) is 8.97. The molecular formula is C20H24F3N2O4+. The van der Waals surface area contributed by atoms with E-state index in [4.69, 9.17) is 9.47 Å². The van der Waals surface area contributed by atoms with E-state index >= 15 is 0 Å². The molecule has 158 valence electrons. The summed E-state index contributed by atoms with van der Waals surface area (Å²) in [5.41, 5.74) is 1.37. The van der Waals surface area contributed by atoms with Gasteiger partial charge >= 0.3 is 6.36 Å². The van der Waals surface area contributed by atoms with Gasteiger partial charge in [0.15, 0.2) is 18.0 Å². The van der Waals surface area contributed by atoms with Crippen LogP contribution in [0.4, 0.5) is 18.9 Å². The van der Waals surface area contributed by atoms with E-state index in [0.717, 1.165) is 22.6 Å². The summed E-state index contributed by atoms with van der Waals surface area (Å²) in [6.07, 6.45) is -4.75. The number of carbonyl (C=O) groups excluding carboxylic acids is 1. The Kier molecular flexibility index (Phi) is 7.72. The highest BCUT2D eigenvalue weighted by atomic mass is 19.4. The summed E-state index contributed by atoms with van der Waals surface area (Å²) < 4.78 is 51.1. The van der Waals surface area contributed by atoms with Crippen LogP contribution in [0.25, 0.3) is 0 Å². The summed E-state index contributed by atoms with van der Waals surface area (Å²) in [7, 11) is 3.43. The van der Waals surface area contributed by atoms with Crippen molar-refractivity contribution in [1.29, 1.82) is 0 Å². The zero-order chi connectivity index (χ0) is 21.4. The Balaban J connectivity index is 1.89. The molecule has 1 amide bonds. The van der Waals surface area contributed by atoms with Gasteiger partial charge in [-0.2, -0.15) is 0 Å². The van der Waals surface area contributed by atoms with E-state index in [9.17, 15) is 18.0 Å². The quantitative estimate of drug-likeness (QED) is 0.664. The van der Waals surface area contributed by atoms with Crippen molar-refractivity contribution in [3.8, 4) is 17.2 Å². The van der Waals surface area contributed by atoms with Gasteiger partial charge in [0.25, 0.3) is 5.91 Å². The molecule has 29 heavy (non-hydrogen) atoms. The number of hydrogen-bond donors (Lipinski definition) is 2. The lowest BCUT2D eigenvalue weighted by Crippen LogP contribution is -3.08. The Morgan fingerprint density at radius 1 is 1.10 bits per heavy atom. The fourth-order valence-electron chi connectivity index (χ4n) is 2.73. The van der Waals surface area contributed by atoms with Crippen LogP contribution in [0.5, 0.6) is 17.2 Å². The molecule has 0 radical (unpaired) electrons. The smallest absolute Gasteiger partial charge is 0.493 e. The van der Waals surface area contributed by atoms with Crippen LogP contribution in [0.3, 0.4) is 0 Å². The number of rotatable bonds is 9. The van der Waals surface area contributed by atoms with Gasteiger partial charge < -0.3 is 24.4 Å². The third-order valence-corrected chi connectivity index (χ3v) is 3.87. The number of hydrogen-bond acceptors (Lipinski definition) is 4. The molecule has 0 fully saturated rings. The summed E-state index contributed by atoms with van der Waals surface area (Å²) in [5, 5.41) is 2.66. The van der Waals surface area contributed by atoms with Crippen molar-refractivity contribution < 1.29 is 37.1 Å². The van der Waals surface area contributed by atoms with E-state index in [2.05, 4.69) is 10.1 Å². The molecular weight excluding hydrogens is 389 g/mol. The largest absolute Gasteiger partial charge is 0.573 e. The lowest BCUT2D eigenvalue weighted by Gasteiger charge is -2.16. The maximum Gasteiger partial charge on any atom is 0.573 e. The fourth-order valence-corrected chi connectivity index (χ4v) is 2.73. The van der Waals surface area contributed by atoms with Crippen molar-refractivity contribution in [2.75, 3.05) is 32.6 Å². The molecule has 1 unspecified atom stereocenters. The third kappa shape index (κ3) is 7.53. The molecule has 0 heterocycles. The highest BCUT2D eigenvalue weighted by molar-refractivity contribution is 5.91. The number of anilines is 1. The predicted octanol–water partition coefficient (Wildman–Crippen LogP) is 2.65. The van der Waals surface area contributed by atoms with Crippen LogP contribution in [0.15, 0.2) is 42.5 Å². The van der Waals surface area contributed by atoms with E-state index in [1.807, 2.05) is 32.2 Å². The lowest BCUT2D eigenvalue weighted by atomic mass is 10.2. The highest BCUT2D eigenvalue weighted by Crippen LogP contribution is 2.27. The van der Waals surface area contributed by atoms with Gasteiger partial charge in [-0.25, -0.2) is 0 Å². The van der Waals surface area contributed by atoms with Gasteiger partial charge in [0, 0.05) is 11.3 Å². The topological polar surface area (TPSA) is 61.2 Å². The number of nitrogens with one attached hydrogen (secondary N) is 2. The summed E-state index contributed by atoms with van der Waals surface area (Å²) in [5.74, 6) is 0.683. The molecule has 0 saturated heterocycles. The lowest BCUT2D eigenvalue weighted by molar-refractivity contribution is -0.885. The molecule has 0 aromatic heterocycles. The average Bonchev–Trinajstić information content (AvgIpc) is 2.63. The Hall–Kier alpha value is -2.94. The van der Waals surface area contributed by atoms with E-state index in [0.29, 0.717) is 30.3 Å². The van der Waals surface area contributed by atoms with Crippen molar-refractivity contribution >= 4 is 11.6 Å². The zero-order valence-electron chi connectivity index (χ0n) is 16.4. The summed E-state index contributed by atoms with van der Waals surface area (Å²) in [6, 6.07) is 10.6. The maximum absolute atomic E-state index is 12.2. The summed E-state index contributed by atoms with van der Waals surface area (Å²) in [4.78, 5) is 13.1. The second kappa shape index (κ2) is 10.0. The van der Waals surface area contributed by atoms with Gasteiger partial charge in [-0.15, -0.1) is 13.2 Å². The zero-order valence-corrected chi connectivity index (χ0v) is 16.4. The minimum absolute atomic E-state index is 0.177. The second-order valence-corrected chi connectivity index (χ2v) is 6.35. The van der Waals surface area contributed by atoms with Crippen LogP contribution in [-0.4, -0.2) is 39.6 Å². The van der Waals surface area contributed by atoms with Gasteiger partial charge in [0.2, 0.25) is 0 Å². The van der Waals surface area contributed by atoms with E-state index < -0.39 is 6.36 Å². The van der Waals surface area contributed by atoms with Gasteiger partial charge in [0.05, 0.1) is 20.8 Å². The minimum Gasteiger partial charge on any atom is -0.493 e. The Morgan fingerprint density at radius 3 is 2.38 bits per heavy atom. The second-order valence-electron chi connectivity index (χ2n) is 6.35. The number of benzene rings is 2. The monoisotopic (exact) mass is 413 g/mol. The van der Waals surface area contributed by atoms with Crippen molar-refractivity contribution in [3.63, 3.8) is 0 Å². The predicted molar refractivity (Wildman–Crippen MR) is 101 cm³/mol. The molecule has 1 atom stereocenters. The number of alkyl halides is 3. The van der Waals surface area contributed by atoms with E-state index in [-0.39, 0.29) is 18.2 Å².